The fraction of sp³-hybridized carbons (Fsp3) is 0.389. The zero-order valence-corrected chi connectivity index (χ0v) is 14.5. The first-order valence-electron chi connectivity index (χ1n) is 8.42. The normalized spacial score (nSPS) is 17.2. The molecule has 1 aliphatic rings. The molecule has 1 atom stereocenters. The quantitative estimate of drug-likeness (QED) is 0.759. The summed E-state index contributed by atoms with van der Waals surface area (Å²) in [7, 11) is 0. The van der Waals surface area contributed by atoms with Crippen LogP contribution >= 0.6 is 0 Å². The van der Waals surface area contributed by atoms with Crippen LogP contribution in [0.5, 0.6) is 5.88 Å². The van der Waals surface area contributed by atoms with Gasteiger partial charge in [-0.2, -0.15) is 22.5 Å². The molecule has 2 heterocycles. The van der Waals surface area contributed by atoms with Crippen LogP contribution in [0.25, 0.3) is 0 Å². The van der Waals surface area contributed by atoms with Crippen molar-refractivity contribution in [2.75, 3.05) is 13.1 Å². The monoisotopic (exact) mass is 383 g/mol. The van der Waals surface area contributed by atoms with Crippen molar-refractivity contribution in [3.63, 3.8) is 0 Å². The van der Waals surface area contributed by atoms with E-state index in [4.69, 9.17) is 4.74 Å². The van der Waals surface area contributed by atoms with Gasteiger partial charge in [-0.05, 0) is 18.6 Å². The Morgan fingerprint density at radius 1 is 1.30 bits per heavy atom. The summed E-state index contributed by atoms with van der Waals surface area (Å²) in [5, 5.41) is 0. The van der Waals surface area contributed by atoms with Crippen molar-refractivity contribution in [3.05, 3.63) is 53.2 Å². The minimum Gasteiger partial charge on any atom is -0.470 e. The van der Waals surface area contributed by atoms with Crippen LogP contribution in [0, 0.1) is 5.82 Å². The molecule has 5 nitrogen and oxygen atoms in total. The number of carbonyl (C=O) groups excluding carboxylic acids is 1. The zero-order chi connectivity index (χ0) is 19.6. The van der Waals surface area contributed by atoms with Crippen LogP contribution in [0.3, 0.4) is 0 Å². The van der Waals surface area contributed by atoms with E-state index < -0.39 is 35.1 Å². The van der Waals surface area contributed by atoms with Crippen molar-refractivity contribution in [2.45, 2.75) is 32.0 Å². The summed E-state index contributed by atoms with van der Waals surface area (Å²) in [6.45, 7) is 2.00. The van der Waals surface area contributed by atoms with Crippen LogP contribution in [-0.4, -0.2) is 40.0 Å². The highest BCUT2D eigenvalue weighted by atomic mass is 19.4. The molecule has 0 bridgehead atoms. The van der Waals surface area contributed by atoms with Crippen molar-refractivity contribution in [3.8, 4) is 5.88 Å². The van der Waals surface area contributed by atoms with E-state index in [-0.39, 0.29) is 24.7 Å². The summed E-state index contributed by atoms with van der Waals surface area (Å²) in [6.07, 6.45) is -3.25. The van der Waals surface area contributed by atoms with E-state index in [1.54, 1.807) is 6.92 Å². The van der Waals surface area contributed by atoms with Crippen molar-refractivity contribution in [2.24, 2.45) is 0 Å². The number of hydrogen-bond acceptors (Lipinski definition) is 4. The fourth-order valence-electron chi connectivity index (χ4n) is 2.97. The van der Waals surface area contributed by atoms with Gasteiger partial charge in [-0.15, -0.1) is 0 Å². The number of amides is 1. The number of aryl methyl sites for hydroxylation is 1. The first-order valence-corrected chi connectivity index (χ1v) is 8.42. The largest absolute Gasteiger partial charge is 0.470 e. The number of halogens is 4. The van der Waals surface area contributed by atoms with Crippen LogP contribution in [0.4, 0.5) is 17.6 Å². The van der Waals surface area contributed by atoms with Gasteiger partial charge in [0.05, 0.1) is 23.4 Å². The molecule has 1 amide bonds. The smallest absolute Gasteiger partial charge is 0.417 e. The Balaban J connectivity index is 1.73. The van der Waals surface area contributed by atoms with Crippen LogP contribution in [0.15, 0.2) is 30.6 Å². The molecule has 1 unspecified atom stereocenters. The SMILES string of the molecule is CCc1ncnc(OC2CCN(C(=O)c3ccccc3C(F)(F)F)C2)c1F. The Bertz CT molecular complexity index is 842. The molecule has 144 valence electrons. The lowest BCUT2D eigenvalue weighted by Gasteiger charge is -2.19. The number of hydrogen-bond donors (Lipinski definition) is 0. The second-order valence-electron chi connectivity index (χ2n) is 6.12. The number of benzene rings is 1. The molecule has 0 aliphatic carbocycles. The van der Waals surface area contributed by atoms with Gasteiger partial charge in [0.2, 0.25) is 5.82 Å². The highest BCUT2D eigenvalue weighted by Gasteiger charge is 2.37. The van der Waals surface area contributed by atoms with Crippen LogP contribution in [0.2, 0.25) is 0 Å². The maximum absolute atomic E-state index is 14.2. The molecule has 0 N–H and O–H groups in total. The van der Waals surface area contributed by atoms with Gasteiger partial charge in [-0.25, -0.2) is 4.98 Å². The van der Waals surface area contributed by atoms with E-state index in [1.807, 2.05) is 0 Å². The summed E-state index contributed by atoms with van der Waals surface area (Å²) in [5.74, 6) is -1.60. The average Bonchev–Trinajstić information content (AvgIpc) is 3.11. The highest BCUT2D eigenvalue weighted by molar-refractivity contribution is 5.96. The minimum absolute atomic E-state index is 0.0515. The zero-order valence-electron chi connectivity index (χ0n) is 14.5. The molecule has 27 heavy (non-hydrogen) atoms. The number of ether oxygens (including phenoxy) is 1. The lowest BCUT2D eigenvalue weighted by molar-refractivity contribution is -0.138. The topological polar surface area (TPSA) is 55.3 Å². The molecule has 0 saturated carbocycles. The molecular formula is C18H17F4N3O2. The van der Waals surface area contributed by atoms with Gasteiger partial charge >= 0.3 is 6.18 Å². The van der Waals surface area contributed by atoms with Crippen molar-refractivity contribution in [1.29, 1.82) is 0 Å². The van der Waals surface area contributed by atoms with E-state index in [1.165, 1.54) is 23.4 Å². The third-order valence-corrected chi connectivity index (χ3v) is 4.34. The number of alkyl halides is 3. The minimum atomic E-state index is -4.62. The first kappa shape index (κ1) is 19.1. The van der Waals surface area contributed by atoms with E-state index in [0.29, 0.717) is 12.8 Å². The predicted molar refractivity (Wildman–Crippen MR) is 87.7 cm³/mol. The van der Waals surface area contributed by atoms with Crippen molar-refractivity contribution >= 4 is 5.91 Å². The average molecular weight is 383 g/mol. The summed E-state index contributed by atoms with van der Waals surface area (Å²) in [4.78, 5) is 21.4. The highest BCUT2D eigenvalue weighted by Crippen LogP contribution is 2.33. The predicted octanol–water partition coefficient (Wildman–Crippen LogP) is 3.49. The van der Waals surface area contributed by atoms with Crippen LogP contribution in [-0.2, 0) is 12.6 Å². The molecule has 1 fully saturated rings. The number of likely N-dealkylation sites (tertiary alicyclic amines) is 1. The molecule has 9 heteroatoms. The maximum atomic E-state index is 14.2. The van der Waals surface area contributed by atoms with Crippen LogP contribution < -0.4 is 4.74 Å². The number of nitrogens with zero attached hydrogens (tertiary/aromatic N) is 3. The number of rotatable bonds is 4. The van der Waals surface area contributed by atoms with Crippen molar-refractivity contribution < 1.29 is 27.1 Å². The number of carbonyl (C=O) groups is 1. The molecule has 3 rings (SSSR count). The van der Waals surface area contributed by atoms with Gasteiger partial charge in [0.25, 0.3) is 11.8 Å². The Labute approximate surface area is 153 Å². The lowest BCUT2D eigenvalue weighted by Crippen LogP contribution is -2.32. The van der Waals surface area contributed by atoms with Gasteiger partial charge in [-0.3, -0.25) is 4.79 Å². The molecule has 2 aromatic rings. The molecule has 1 saturated heterocycles. The van der Waals surface area contributed by atoms with Gasteiger partial charge in [-0.1, -0.05) is 19.1 Å². The Morgan fingerprint density at radius 2 is 2.04 bits per heavy atom. The summed E-state index contributed by atoms with van der Waals surface area (Å²) < 4.78 is 59.1. The Morgan fingerprint density at radius 3 is 2.74 bits per heavy atom. The molecule has 0 radical (unpaired) electrons. The lowest BCUT2D eigenvalue weighted by atomic mass is 10.1. The third-order valence-electron chi connectivity index (χ3n) is 4.34. The molecule has 1 aromatic carbocycles. The van der Waals surface area contributed by atoms with Crippen molar-refractivity contribution in [1.82, 2.24) is 14.9 Å². The maximum Gasteiger partial charge on any atom is 0.417 e. The third kappa shape index (κ3) is 4.01. The first-order chi connectivity index (χ1) is 12.8. The van der Waals surface area contributed by atoms with Crippen LogP contribution in [0.1, 0.15) is 35.0 Å². The Kier molecular flexibility index (Phi) is 5.29. The van der Waals surface area contributed by atoms with E-state index in [2.05, 4.69) is 9.97 Å². The summed E-state index contributed by atoms with van der Waals surface area (Å²) in [5.41, 5.74) is -1.18. The molecule has 0 spiro atoms. The van der Waals surface area contributed by atoms with E-state index in [0.717, 1.165) is 12.1 Å². The Hall–Kier alpha value is -2.71. The summed E-state index contributed by atoms with van der Waals surface area (Å²) in [6, 6.07) is 4.64. The standard InChI is InChI=1S/C18H17F4N3O2/c1-2-14-15(19)16(24-10-23-14)27-11-7-8-25(9-11)17(26)12-5-3-4-6-13(12)18(20,21)22/h3-6,10-11H,2,7-9H2,1H3. The molecule has 1 aromatic heterocycles. The molecule has 1 aliphatic heterocycles. The second-order valence-corrected chi connectivity index (χ2v) is 6.12. The van der Waals surface area contributed by atoms with E-state index >= 15 is 0 Å². The van der Waals surface area contributed by atoms with E-state index in [9.17, 15) is 22.4 Å². The fourth-order valence-corrected chi connectivity index (χ4v) is 2.97. The van der Waals surface area contributed by atoms with Gasteiger partial charge in [0, 0.05) is 13.0 Å². The van der Waals surface area contributed by atoms with Gasteiger partial charge < -0.3 is 9.64 Å². The second kappa shape index (κ2) is 7.50. The van der Waals surface area contributed by atoms with Gasteiger partial charge in [0.1, 0.15) is 12.4 Å². The molecular weight excluding hydrogens is 366 g/mol. The number of aromatic nitrogens is 2. The summed E-state index contributed by atoms with van der Waals surface area (Å²) >= 11 is 0. The van der Waals surface area contributed by atoms with Gasteiger partial charge in [0.15, 0.2) is 0 Å².